The molecule has 6 nitrogen and oxygen atoms in total. The first-order valence-corrected chi connectivity index (χ1v) is 11.8. The van der Waals surface area contributed by atoms with Crippen molar-refractivity contribution in [2.45, 2.75) is 63.6 Å². The van der Waals surface area contributed by atoms with Gasteiger partial charge in [0.2, 0.25) is 0 Å². The van der Waals surface area contributed by atoms with Crippen molar-refractivity contribution in [3.05, 3.63) is 59.7 Å². The summed E-state index contributed by atoms with van der Waals surface area (Å²) in [5.74, 6) is 0. The Hall–Kier alpha value is -3.04. The highest BCUT2D eigenvalue weighted by Gasteiger charge is 2.30. The predicted octanol–water partition coefficient (Wildman–Crippen LogP) is 4.56. The second-order valence-corrected chi connectivity index (χ2v) is 9.07. The van der Waals surface area contributed by atoms with Crippen molar-refractivity contribution in [2.24, 2.45) is 0 Å². The van der Waals surface area contributed by atoms with E-state index in [1.807, 2.05) is 55.5 Å². The van der Waals surface area contributed by atoms with E-state index in [-0.39, 0.29) is 12.1 Å². The first kappa shape index (κ1) is 22.2. The second kappa shape index (κ2) is 10.5. The zero-order valence-electron chi connectivity index (χ0n) is 18.8. The molecular weight excluding hydrogens is 398 g/mol. The second-order valence-electron chi connectivity index (χ2n) is 9.07. The predicted molar refractivity (Wildman–Crippen MR) is 129 cm³/mol. The van der Waals surface area contributed by atoms with Crippen molar-refractivity contribution in [2.75, 3.05) is 23.3 Å². The molecule has 0 spiro atoms. The maximum atomic E-state index is 12.6. The Balaban J connectivity index is 1.33. The molecule has 2 amide bonds. The molecule has 1 heterocycles. The van der Waals surface area contributed by atoms with Gasteiger partial charge < -0.3 is 20.9 Å². The minimum Gasteiger partial charge on any atom is -0.370 e. The van der Waals surface area contributed by atoms with Crippen LogP contribution in [0.2, 0.25) is 0 Å². The van der Waals surface area contributed by atoms with Crippen LogP contribution in [0.1, 0.15) is 49.7 Å². The molecule has 1 aliphatic heterocycles. The van der Waals surface area contributed by atoms with Crippen LogP contribution in [-0.4, -0.2) is 37.2 Å². The van der Waals surface area contributed by atoms with Gasteiger partial charge in [-0.3, -0.25) is 0 Å². The van der Waals surface area contributed by atoms with E-state index in [0.29, 0.717) is 17.6 Å². The van der Waals surface area contributed by atoms with Gasteiger partial charge in [0.1, 0.15) is 0 Å². The summed E-state index contributed by atoms with van der Waals surface area (Å²) in [6.07, 6.45) is 6.72. The lowest BCUT2D eigenvalue weighted by Gasteiger charge is -2.40. The normalized spacial score (nSPS) is 23.2. The number of aryl methyl sites for hydroxylation is 1. The molecule has 1 saturated heterocycles. The summed E-state index contributed by atoms with van der Waals surface area (Å²) in [4.78, 5) is 15.0. The number of piperidine rings is 1. The number of nitriles is 1. The number of amides is 2. The molecule has 32 heavy (non-hydrogen) atoms. The van der Waals surface area contributed by atoms with Gasteiger partial charge in [-0.25, -0.2) is 4.79 Å². The number of carbonyl (C=O) groups is 1. The van der Waals surface area contributed by atoms with Crippen molar-refractivity contribution in [1.29, 1.82) is 5.26 Å². The first-order chi connectivity index (χ1) is 15.6. The van der Waals surface area contributed by atoms with Crippen LogP contribution in [-0.2, 0) is 0 Å². The van der Waals surface area contributed by atoms with E-state index in [1.54, 1.807) is 0 Å². The van der Waals surface area contributed by atoms with Crippen LogP contribution in [0.5, 0.6) is 0 Å². The van der Waals surface area contributed by atoms with Crippen molar-refractivity contribution in [3.8, 4) is 6.07 Å². The van der Waals surface area contributed by atoms with Gasteiger partial charge in [0.05, 0.1) is 11.6 Å². The number of anilines is 2. The summed E-state index contributed by atoms with van der Waals surface area (Å²) in [7, 11) is 0. The molecule has 1 aliphatic carbocycles. The molecule has 168 valence electrons. The number of nitrogens with one attached hydrogen (secondary N) is 3. The van der Waals surface area contributed by atoms with Gasteiger partial charge in [0.15, 0.2) is 0 Å². The monoisotopic (exact) mass is 431 g/mol. The van der Waals surface area contributed by atoms with Crippen molar-refractivity contribution in [1.82, 2.24) is 10.6 Å². The Bertz CT molecular complexity index is 934. The van der Waals surface area contributed by atoms with E-state index in [1.165, 1.54) is 17.7 Å². The van der Waals surface area contributed by atoms with E-state index < -0.39 is 0 Å². The lowest BCUT2D eigenvalue weighted by molar-refractivity contribution is 0.226. The summed E-state index contributed by atoms with van der Waals surface area (Å²) >= 11 is 0. The number of nitrogens with zero attached hydrogens (tertiary/aromatic N) is 2. The molecule has 0 radical (unpaired) electrons. The van der Waals surface area contributed by atoms with Gasteiger partial charge in [-0.15, -0.1) is 0 Å². The Morgan fingerprint density at radius 1 is 0.969 bits per heavy atom. The smallest absolute Gasteiger partial charge is 0.319 e. The molecule has 1 saturated carbocycles. The van der Waals surface area contributed by atoms with Gasteiger partial charge in [0, 0.05) is 42.6 Å². The Morgan fingerprint density at radius 3 is 2.41 bits per heavy atom. The topological polar surface area (TPSA) is 80.2 Å². The zero-order valence-corrected chi connectivity index (χ0v) is 18.8. The fourth-order valence-corrected chi connectivity index (χ4v) is 4.87. The van der Waals surface area contributed by atoms with Crippen LogP contribution < -0.4 is 20.9 Å². The fourth-order valence-electron chi connectivity index (χ4n) is 4.87. The average Bonchev–Trinajstić information content (AvgIpc) is 2.82. The molecule has 3 atom stereocenters. The minimum absolute atomic E-state index is 0.129. The van der Waals surface area contributed by atoms with Gasteiger partial charge in [-0.05, 0) is 69.0 Å². The lowest BCUT2D eigenvalue weighted by atomic mass is 9.89. The van der Waals surface area contributed by atoms with E-state index in [2.05, 4.69) is 26.9 Å². The summed E-state index contributed by atoms with van der Waals surface area (Å²) in [6.45, 7) is 4.02. The maximum Gasteiger partial charge on any atom is 0.319 e. The van der Waals surface area contributed by atoms with Crippen LogP contribution in [0.25, 0.3) is 0 Å². The molecule has 2 fully saturated rings. The maximum absolute atomic E-state index is 12.6. The minimum atomic E-state index is -0.129. The van der Waals surface area contributed by atoms with Crippen LogP contribution >= 0.6 is 0 Å². The Kier molecular flexibility index (Phi) is 7.28. The van der Waals surface area contributed by atoms with Crippen molar-refractivity contribution >= 4 is 17.4 Å². The molecule has 2 aromatic carbocycles. The highest BCUT2D eigenvalue weighted by atomic mass is 16.2. The van der Waals surface area contributed by atoms with Crippen LogP contribution in [0, 0.1) is 18.3 Å². The molecule has 0 unspecified atom stereocenters. The lowest BCUT2D eigenvalue weighted by Crippen LogP contribution is -2.57. The summed E-state index contributed by atoms with van der Waals surface area (Å²) < 4.78 is 0. The molecule has 3 N–H and O–H groups in total. The first-order valence-electron chi connectivity index (χ1n) is 11.8. The number of benzene rings is 2. The summed E-state index contributed by atoms with van der Waals surface area (Å²) in [5.41, 5.74) is 3.86. The van der Waals surface area contributed by atoms with Gasteiger partial charge in [-0.1, -0.05) is 30.5 Å². The van der Waals surface area contributed by atoms with Crippen LogP contribution in [0.3, 0.4) is 0 Å². The van der Waals surface area contributed by atoms with E-state index in [9.17, 15) is 4.79 Å². The third-order valence-corrected chi connectivity index (χ3v) is 6.62. The van der Waals surface area contributed by atoms with E-state index >= 15 is 0 Å². The summed E-state index contributed by atoms with van der Waals surface area (Å²) in [6, 6.07) is 18.6. The third-order valence-electron chi connectivity index (χ3n) is 6.62. The molecule has 6 heteroatoms. The third kappa shape index (κ3) is 5.80. The van der Waals surface area contributed by atoms with E-state index in [4.69, 9.17) is 5.26 Å². The molecule has 2 aromatic rings. The van der Waals surface area contributed by atoms with Gasteiger partial charge in [-0.2, -0.15) is 5.26 Å². The molecule has 0 bridgehead atoms. The largest absolute Gasteiger partial charge is 0.370 e. The average molecular weight is 432 g/mol. The highest BCUT2D eigenvalue weighted by Crippen LogP contribution is 2.24. The molecular formula is C26H33N5O. The molecule has 4 rings (SSSR count). The Labute approximate surface area is 191 Å². The quantitative estimate of drug-likeness (QED) is 0.648. The number of urea groups is 1. The Morgan fingerprint density at radius 2 is 1.69 bits per heavy atom. The SMILES string of the molecule is Cc1ccc(NC(=O)N[C@@H]2CCCC[C@H]2N[C@H]2CCCN(c3ccc(C#N)cc3)C2)cc1. The number of carbonyl (C=O) groups excluding carboxylic acids is 1. The zero-order chi connectivity index (χ0) is 22.3. The summed E-state index contributed by atoms with van der Waals surface area (Å²) in [5, 5.41) is 19.1. The molecule has 0 aromatic heterocycles. The van der Waals surface area contributed by atoms with Crippen molar-refractivity contribution in [3.63, 3.8) is 0 Å². The number of rotatable bonds is 5. The van der Waals surface area contributed by atoms with Crippen molar-refractivity contribution < 1.29 is 4.79 Å². The van der Waals surface area contributed by atoms with Gasteiger partial charge in [0.25, 0.3) is 0 Å². The van der Waals surface area contributed by atoms with Crippen LogP contribution in [0.15, 0.2) is 48.5 Å². The fraction of sp³-hybridized carbons (Fsp3) is 0.462. The van der Waals surface area contributed by atoms with Crippen LogP contribution in [0.4, 0.5) is 16.2 Å². The standard InChI is InChI=1S/C26H33N5O/c1-19-8-12-21(13-9-19)29-26(32)30-25-7-3-2-6-24(25)28-22-5-4-16-31(18-22)23-14-10-20(17-27)11-15-23/h8-15,22,24-25,28H,2-7,16,18H2,1H3,(H2,29,30,32)/t22-,24+,25+/m0/s1. The molecule has 2 aliphatic rings. The number of hydrogen-bond acceptors (Lipinski definition) is 4. The highest BCUT2D eigenvalue weighted by molar-refractivity contribution is 5.89. The van der Waals surface area contributed by atoms with Gasteiger partial charge >= 0.3 is 6.03 Å². The number of hydrogen-bond donors (Lipinski definition) is 3. The van der Waals surface area contributed by atoms with E-state index in [0.717, 1.165) is 50.9 Å².